The fourth-order valence-corrected chi connectivity index (χ4v) is 1.75. The number of hydrogen-bond donors (Lipinski definition) is 1. The summed E-state index contributed by atoms with van der Waals surface area (Å²) in [6.45, 7) is 3.82. The second-order valence-corrected chi connectivity index (χ2v) is 4.25. The van der Waals surface area contributed by atoms with Crippen molar-refractivity contribution < 1.29 is 4.92 Å². The zero-order chi connectivity index (χ0) is 13.7. The zero-order valence-electron chi connectivity index (χ0n) is 10.7. The van der Waals surface area contributed by atoms with Gasteiger partial charge >= 0.3 is 0 Å². The average Bonchev–Trinajstić information content (AvgIpc) is 2.88. The fraction of sp³-hybridized carbons (Fsp3) is 0.308. The van der Waals surface area contributed by atoms with Crippen LogP contribution in [0.2, 0.25) is 0 Å². The monoisotopic (exact) mass is 260 g/mol. The van der Waals surface area contributed by atoms with Crippen molar-refractivity contribution in [1.82, 2.24) is 15.1 Å². The van der Waals surface area contributed by atoms with E-state index in [2.05, 4.69) is 17.3 Å². The van der Waals surface area contributed by atoms with Gasteiger partial charge in [-0.05, 0) is 19.0 Å². The largest absolute Gasteiger partial charge is 0.313 e. The fourth-order valence-electron chi connectivity index (χ4n) is 1.75. The molecule has 6 heteroatoms. The van der Waals surface area contributed by atoms with Gasteiger partial charge in [-0.1, -0.05) is 13.0 Å². The summed E-state index contributed by atoms with van der Waals surface area (Å²) in [5, 5.41) is 18.2. The number of benzene rings is 1. The molecule has 0 aliphatic carbocycles. The lowest BCUT2D eigenvalue weighted by Crippen LogP contribution is -2.13. The van der Waals surface area contributed by atoms with Gasteiger partial charge in [0.1, 0.15) is 0 Å². The Morgan fingerprint density at radius 2 is 2.32 bits per heavy atom. The number of nitro benzene ring substituents is 1. The molecule has 2 aromatic rings. The molecular weight excluding hydrogens is 244 g/mol. The Balaban J connectivity index is 2.13. The van der Waals surface area contributed by atoms with Gasteiger partial charge in [0.05, 0.1) is 16.8 Å². The molecule has 0 atom stereocenters. The van der Waals surface area contributed by atoms with Crippen LogP contribution in [-0.2, 0) is 6.54 Å². The standard InChI is InChI=1S/C13H16N4O2/c1-2-6-14-8-11-9-15-16(10-11)12-4-3-5-13(7-12)17(18)19/h3-5,7,9-10,14H,2,6,8H2,1H3. The predicted octanol–water partition coefficient (Wildman–Crippen LogP) is 2.28. The molecule has 0 spiro atoms. The quantitative estimate of drug-likeness (QED) is 0.491. The minimum Gasteiger partial charge on any atom is -0.313 e. The molecule has 0 unspecified atom stereocenters. The number of aromatic nitrogens is 2. The normalized spacial score (nSPS) is 10.6. The van der Waals surface area contributed by atoms with Gasteiger partial charge < -0.3 is 5.32 Å². The van der Waals surface area contributed by atoms with Gasteiger partial charge in [-0.3, -0.25) is 10.1 Å². The van der Waals surface area contributed by atoms with E-state index in [9.17, 15) is 10.1 Å². The molecule has 0 fully saturated rings. The first-order valence-corrected chi connectivity index (χ1v) is 6.20. The lowest BCUT2D eigenvalue weighted by molar-refractivity contribution is -0.384. The lowest BCUT2D eigenvalue weighted by Gasteiger charge is -2.01. The number of nitro groups is 1. The summed E-state index contributed by atoms with van der Waals surface area (Å²) in [5.41, 5.74) is 1.81. The van der Waals surface area contributed by atoms with Crippen molar-refractivity contribution in [2.24, 2.45) is 0 Å². The van der Waals surface area contributed by atoms with Crippen molar-refractivity contribution in [3.05, 3.63) is 52.3 Å². The van der Waals surface area contributed by atoms with Gasteiger partial charge in [0.15, 0.2) is 0 Å². The van der Waals surface area contributed by atoms with Gasteiger partial charge in [-0.15, -0.1) is 0 Å². The van der Waals surface area contributed by atoms with E-state index in [0.717, 1.165) is 25.1 Å². The van der Waals surface area contributed by atoms with Crippen LogP contribution in [0.15, 0.2) is 36.7 Å². The van der Waals surface area contributed by atoms with E-state index in [4.69, 9.17) is 0 Å². The summed E-state index contributed by atoms with van der Waals surface area (Å²) in [6.07, 6.45) is 4.72. The van der Waals surface area contributed by atoms with Crippen LogP contribution in [-0.4, -0.2) is 21.2 Å². The number of rotatable bonds is 6. The Hall–Kier alpha value is -2.21. The molecular formula is C13H16N4O2. The molecule has 1 N–H and O–H groups in total. The maximum Gasteiger partial charge on any atom is 0.271 e. The SMILES string of the molecule is CCCNCc1cnn(-c2cccc([N+](=O)[O-])c2)c1. The van der Waals surface area contributed by atoms with Crippen LogP contribution in [0, 0.1) is 10.1 Å². The third kappa shape index (κ3) is 3.38. The van der Waals surface area contributed by atoms with Gasteiger partial charge in [0.2, 0.25) is 0 Å². The third-order valence-corrected chi connectivity index (χ3v) is 2.70. The smallest absolute Gasteiger partial charge is 0.271 e. The van der Waals surface area contributed by atoms with E-state index >= 15 is 0 Å². The summed E-state index contributed by atoms with van der Waals surface area (Å²) in [7, 11) is 0. The van der Waals surface area contributed by atoms with Crippen molar-refractivity contribution in [3.63, 3.8) is 0 Å². The Bertz CT molecular complexity index is 565. The molecule has 0 aliphatic rings. The van der Waals surface area contributed by atoms with Crippen molar-refractivity contribution in [1.29, 1.82) is 0 Å². The van der Waals surface area contributed by atoms with Gasteiger partial charge in [-0.25, -0.2) is 4.68 Å². The van der Waals surface area contributed by atoms with Crippen molar-refractivity contribution in [2.45, 2.75) is 19.9 Å². The van der Waals surface area contributed by atoms with Gasteiger partial charge in [-0.2, -0.15) is 5.10 Å². The lowest BCUT2D eigenvalue weighted by atomic mass is 10.3. The van der Waals surface area contributed by atoms with E-state index in [0.29, 0.717) is 5.69 Å². The number of nitrogens with one attached hydrogen (secondary N) is 1. The van der Waals surface area contributed by atoms with E-state index in [1.54, 1.807) is 23.0 Å². The first-order chi connectivity index (χ1) is 9.20. The highest BCUT2D eigenvalue weighted by Gasteiger charge is 2.07. The second-order valence-electron chi connectivity index (χ2n) is 4.25. The highest BCUT2D eigenvalue weighted by atomic mass is 16.6. The van der Waals surface area contributed by atoms with Crippen LogP contribution in [0.1, 0.15) is 18.9 Å². The molecule has 0 bridgehead atoms. The minimum absolute atomic E-state index is 0.0682. The molecule has 100 valence electrons. The molecule has 1 heterocycles. The van der Waals surface area contributed by atoms with Crippen LogP contribution >= 0.6 is 0 Å². The molecule has 0 amide bonds. The summed E-state index contributed by atoms with van der Waals surface area (Å²) < 4.78 is 1.65. The molecule has 0 aliphatic heterocycles. The van der Waals surface area contributed by atoms with Crippen molar-refractivity contribution in [2.75, 3.05) is 6.54 Å². The third-order valence-electron chi connectivity index (χ3n) is 2.70. The summed E-state index contributed by atoms with van der Waals surface area (Å²) in [4.78, 5) is 10.3. The van der Waals surface area contributed by atoms with Crippen LogP contribution < -0.4 is 5.32 Å². The average molecular weight is 260 g/mol. The molecule has 0 saturated carbocycles. The number of nitrogens with zero attached hydrogens (tertiary/aromatic N) is 3. The number of non-ortho nitro benzene ring substituents is 1. The molecule has 1 aromatic heterocycles. The minimum atomic E-state index is -0.406. The number of hydrogen-bond acceptors (Lipinski definition) is 4. The summed E-state index contributed by atoms with van der Waals surface area (Å²) in [5.74, 6) is 0. The van der Waals surface area contributed by atoms with Gasteiger partial charge in [0.25, 0.3) is 5.69 Å². The van der Waals surface area contributed by atoms with E-state index in [1.165, 1.54) is 12.1 Å². The maximum atomic E-state index is 10.7. The van der Waals surface area contributed by atoms with Crippen LogP contribution in [0.4, 0.5) is 5.69 Å². The topological polar surface area (TPSA) is 73.0 Å². The predicted molar refractivity (Wildman–Crippen MR) is 72.2 cm³/mol. The highest BCUT2D eigenvalue weighted by molar-refractivity contribution is 5.42. The van der Waals surface area contributed by atoms with Crippen molar-refractivity contribution in [3.8, 4) is 5.69 Å². The Morgan fingerprint density at radius 1 is 1.47 bits per heavy atom. The molecule has 2 rings (SSSR count). The molecule has 0 saturated heterocycles. The molecule has 1 aromatic carbocycles. The van der Waals surface area contributed by atoms with E-state index < -0.39 is 4.92 Å². The van der Waals surface area contributed by atoms with E-state index in [1.807, 2.05) is 6.20 Å². The zero-order valence-corrected chi connectivity index (χ0v) is 10.7. The first kappa shape index (κ1) is 13.2. The summed E-state index contributed by atoms with van der Waals surface area (Å²) in [6, 6.07) is 6.43. The van der Waals surface area contributed by atoms with Crippen LogP contribution in [0.5, 0.6) is 0 Å². The van der Waals surface area contributed by atoms with Gasteiger partial charge in [0, 0.05) is 30.4 Å². The Kier molecular flexibility index (Phi) is 4.25. The highest BCUT2D eigenvalue weighted by Crippen LogP contribution is 2.16. The maximum absolute atomic E-state index is 10.7. The molecule has 19 heavy (non-hydrogen) atoms. The Morgan fingerprint density at radius 3 is 3.05 bits per heavy atom. The second kappa shape index (κ2) is 6.10. The Labute approximate surface area is 111 Å². The molecule has 0 radical (unpaired) electrons. The van der Waals surface area contributed by atoms with Crippen molar-refractivity contribution >= 4 is 5.69 Å². The van der Waals surface area contributed by atoms with Crippen LogP contribution in [0.25, 0.3) is 5.69 Å². The van der Waals surface area contributed by atoms with Crippen LogP contribution in [0.3, 0.4) is 0 Å². The van der Waals surface area contributed by atoms with E-state index in [-0.39, 0.29) is 5.69 Å². The molecule has 6 nitrogen and oxygen atoms in total. The summed E-state index contributed by atoms with van der Waals surface area (Å²) >= 11 is 0. The first-order valence-electron chi connectivity index (χ1n) is 6.20.